The Kier molecular flexibility index (Phi) is 5.73. The van der Waals surface area contributed by atoms with Crippen LogP contribution in [0.3, 0.4) is 0 Å². The topological polar surface area (TPSA) is 12.0 Å². The lowest BCUT2D eigenvalue weighted by Gasteiger charge is -2.10. The van der Waals surface area contributed by atoms with Crippen molar-refractivity contribution in [3.8, 4) is 11.8 Å². The van der Waals surface area contributed by atoms with Gasteiger partial charge in [-0.05, 0) is 43.8 Å². The highest BCUT2D eigenvalue weighted by Gasteiger charge is 2.01. The average molecular weight is 281 g/mol. The van der Waals surface area contributed by atoms with E-state index in [1.807, 2.05) is 37.4 Å². The largest absolute Gasteiger partial charge is 0.313 e. The summed E-state index contributed by atoms with van der Waals surface area (Å²) in [5, 5.41) is 3.24. The van der Waals surface area contributed by atoms with Crippen molar-refractivity contribution >= 4 is 11.8 Å². The van der Waals surface area contributed by atoms with Crippen molar-refractivity contribution < 1.29 is 0 Å². The number of nitrogens with one attached hydrogen (secondary N) is 1. The predicted octanol–water partition coefficient (Wildman–Crippen LogP) is 4.11. The van der Waals surface area contributed by atoms with Crippen LogP contribution in [-0.2, 0) is 0 Å². The Hall–Kier alpha value is -1.69. The number of hydrogen-bond donors (Lipinski definition) is 1. The van der Waals surface area contributed by atoms with Gasteiger partial charge in [-0.1, -0.05) is 42.2 Å². The summed E-state index contributed by atoms with van der Waals surface area (Å²) in [5.74, 6) is 7.19. The zero-order valence-electron chi connectivity index (χ0n) is 11.9. The summed E-state index contributed by atoms with van der Waals surface area (Å²) in [6.45, 7) is 2.16. The van der Waals surface area contributed by atoms with Crippen LogP contribution in [0.25, 0.3) is 0 Å². The maximum Gasteiger partial charge on any atom is 0.0598 e. The van der Waals surface area contributed by atoms with Gasteiger partial charge in [0.15, 0.2) is 0 Å². The van der Waals surface area contributed by atoms with Gasteiger partial charge in [-0.25, -0.2) is 0 Å². The Bertz CT molecular complexity index is 578. The van der Waals surface area contributed by atoms with Crippen molar-refractivity contribution in [2.75, 3.05) is 12.8 Å². The van der Waals surface area contributed by atoms with Crippen molar-refractivity contribution in [2.45, 2.75) is 17.9 Å². The molecule has 0 aliphatic rings. The zero-order valence-corrected chi connectivity index (χ0v) is 12.7. The summed E-state index contributed by atoms with van der Waals surface area (Å²) in [4.78, 5) is 1.26. The highest BCUT2D eigenvalue weighted by Crippen LogP contribution is 2.20. The van der Waals surface area contributed by atoms with E-state index >= 15 is 0 Å². The van der Waals surface area contributed by atoms with E-state index in [0.717, 1.165) is 11.3 Å². The van der Waals surface area contributed by atoms with Crippen LogP contribution in [0.2, 0.25) is 0 Å². The molecule has 102 valence electrons. The van der Waals surface area contributed by atoms with Crippen LogP contribution in [0.1, 0.15) is 24.1 Å². The molecule has 0 spiro atoms. The summed E-state index contributed by atoms with van der Waals surface area (Å²) in [6.07, 6.45) is 0. The molecule has 0 fully saturated rings. The molecule has 2 aromatic carbocycles. The van der Waals surface area contributed by atoms with Crippen LogP contribution in [-0.4, -0.2) is 12.8 Å². The van der Waals surface area contributed by atoms with E-state index in [1.165, 1.54) is 10.5 Å². The van der Waals surface area contributed by atoms with Crippen molar-refractivity contribution in [2.24, 2.45) is 0 Å². The number of rotatable bonds is 4. The zero-order chi connectivity index (χ0) is 14.2. The highest BCUT2D eigenvalue weighted by atomic mass is 32.2. The van der Waals surface area contributed by atoms with Crippen LogP contribution < -0.4 is 5.32 Å². The first kappa shape index (κ1) is 14.7. The molecule has 1 unspecified atom stereocenters. The third-order valence-corrected chi connectivity index (χ3v) is 4.02. The minimum absolute atomic E-state index is 0.395. The maximum absolute atomic E-state index is 3.24. The smallest absolute Gasteiger partial charge is 0.0598 e. The summed E-state index contributed by atoms with van der Waals surface area (Å²) in [6, 6.07) is 19.2. The lowest BCUT2D eigenvalue weighted by molar-refractivity contribution is 0.652. The number of hydrogen-bond acceptors (Lipinski definition) is 2. The van der Waals surface area contributed by atoms with Gasteiger partial charge in [0.05, 0.1) is 5.75 Å². The molecule has 1 nitrogen and oxygen atoms in total. The van der Waals surface area contributed by atoms with Crippen LogP contribution in [0, 0.1) is 11.8 Å². The molecule has 2 rings (SSSR count). The molecule has 1 N–H and O–H groups in total. The monoisotopic (exact) mass is 281 g/mol. The summed E-state index contributed by atoms with van der Waals surface area (Å²) >= 11 is 1.77. The van der Waals surface area contributed by atoms with E-state index in [2.05, 4.69) is 48.3 Å². The first-order valence-corrected chi connectivity index (χ1v) is 7.72. The van der Waals surface area contributed by atoms with Gasteiger partial charge in [0.1, 0.15) is 0 Å². The molecular weight excluding hydrogens is 262 g/mol. The third kappa shape index (κ3) is 4.45. The van der Waals surface area contributed by atoms with E-state index in [9.17, 15) is 0 Å². The Morgan fingerprint density at radius 2 is 1.75 bits per heavy atom. The van der Waals surface area contributed by atoms with Gasteiger partial charge in [0.25, 0.3) is 0 Å². The van der Waals surface area contributed by atoms with Crippen molar-refractivity contribution in [1.82, 2.24) is 5.32 Å². The molecule has 0 radical (unpaired) electrons. The molecule has 0 saturated carbocycles. The maximum atomic E-state index is 3.24. The Labute approximate surface area is 125 Å². The minimum atomic E-state index is 0.395. The molecule has 0 amide bonds. The molecular formula is C18H19NS. The SMILES string of the molecule is CNC(C)c1ccc(SCC#Cc2ccccc2)cc1. The molecule has 0 saturated heterocycles. The summed E-state index contributed by atoms with van der Waals surface area (Å²) in [7, 11) is 1.98. The predicted molar refractivity (Wildman–Crippen MR) is 88.0 cm³/mol. The van der Waals surface area contributed by atoms with Gasteiger partial charge in [-0.2, -0.15) is 0 Å². The highest BCUT2D eigenvalue weighted by molar-refractivity contribution is 7.99. The fourth-order valence-electron chi connectivity index (χ4n) is 1.80. The second-order valence-electron chi connectivity index (χ2n) is 4.54. The molecule has 1 atom stereocenters. The average Bonchev–Trinajstić information content (AvgIpc) is 2.52. The molecule has 2 aromatic rings. The van der Waals surface area contributed by atoms with E-state index in [-0.39, 0.29) is 0 Å². The molecule has 2 heteroatoms. The molecule has 20 heavy (non-hydrogen) atoms. The third-order valence-electron chi connectivity index (χ3n) is 3.13. The quantitative estimate of drug-likeness (QED) is 0.668. The van der Waals surface area contributed by atoms with Gasteiger partial charge >= 0.3 is 0 Å². The van der Waals surface area contributed by atoms with E-state index in [1.54, 1.807) is 11.8 Å². The van der Waals surface area contributed by atoms with E-state index in [4.69, 9.17) is 0 Å². The second-order valence-corrected chi connectivity index (χ2v) is 5.58. The van der Waals surface area contributed by atoms with Crippen molar-refractivity contribution in [3.05, 3.63) is 65.7 Å². The molecule has 0 bridgehead atoms. The van der Waals surface area contributed by atoms with E-state index < -0.39 is 0 Å². The fourth-order valence-corrected chi connectivity index (χ4v) is 2.44. The lowest BCUT2D eigenvalue weighted by atomic mass is 10.1. The van der Waals surface area contributed by atoms with Crippen molar-refractivity contribution in [1.29, 1.82) is 0 Å². The van der Waals surface area contributed by atoms with Crippen LogP contribution in [0.5, 0.6) is 0 Å². The van der Waals surface area contributed by atoms with Gasteiger partial charge in [-0.15, -0.1) is 11.8 Å². The van der Waals surface area contributed by atoms with Gasteiger partial charge in [-0.3, -0.25) is 0 Å². The Balaban J connectivity index is 1.87. The number of benzene rings is 2. The lowest BCUT2D eigenvalue weighted by Crippen LogP contribution is -2.11. The second kappa shape index (κ2) is 7.79. The van der Waals surface area contributed by atoms with Gasteiger partial charge in [0, 0.05) is 16.5 Å². The summed E-state index contributed by atoms with van der Waals surface area (Å²) < 4.78 is 0. The van der Waals surface area contributed by atoms with Crippen LogP contribution in [0.15, 0.2) is 59.5 Å². The Morgan fingerprint density at radius 1 is 1.05 bits per heavy atom. The molecule has 0 heterocycles. The van der Waals surface area contributed by atoms with Gasteiger partial charge in [0.2, 0.25) is 0 Å². The number of thioether (sulfide) groups is 1. The van der Waals surface area contributed by atoms with Crippen LogP contribution in [0.4, 0.5) is 0 Å². The first-order valence-electron chi connectivity index (χ1n) is 6.73. The van der Waals surface area contributed by atoms with E-state index in [0.29, 0.717) is 6.04 Å². The fraction of sp³-hybridized carbons (Fsp3) is 0.222. The van der Waals surface area contributed by atoms with Crippen LogP contribution >= 0.6 is 11.8 Å². The minimum Gasteiger partial charge on any atom is -0.313 e. The standard InChI is InChI=1S/C18H19NS/c1-15(19-2)17-10-12-18(13-11-17)20-14-6-9-16-7-4-3-5-8-16/h3-5,7-8,10-13,15,19H,14H2,1-2H3. The molecule has 0 aliphatic carbocycles. The Morgan fingerprint density at radius 3 is 2.40 bits per heavy atom. The molecule has 0 aliphatic heterocycles. The summed E-state index contributed by atoms with van der Waals surface area (Å²) in [5.41, 5.74) is 2.39. The van der Waals surface area contributed by atoms with Crippen molar-refractivity contribution in [3.63, 3.8) is 0 Å². The van der Waals surface area contributed by atoms with Gasteiger partial charge < -0.3 is 5.32 Å². The first-order chi connectivity index (χ1) is 9.79. The molecule has 0 aromatic heterocycles. The normalized spacial score (nSPS) is 11.5.